The molecule has 20 heavy (non-hydrogen) atoms. The highest BCUT2D eigenvalue weighted by Gasteiger charge is 2.43. The van der Waals surface area contributed by atoms with Gasteiger partial charge in [0.1, 0.15) is 0 Å². The van der Waals surface area contributed by atoms with Crippen LogP contribution < -0.4 is 10.1 Å². The molecule has 5 nitrogen and oxygen atoms in total. The monoisotopic (exact) mass is 300 g/mol. The molecule has 0 unspecified atom stereocenters. The Hall–Kier alpha value is -1.18. The van der Waals surface area contributed by atoms with Gasteiger partial charge in [-0.25, -0.2) is 12.8 Å². The van der Waals surface area contributed by atoms with E-state index in [1.807, 2.05) is 0 Å². The Balaban J connectivity index is 1.94. The van der Waals surface area contributed by atoms with Gasteiger partial charge in [0.2, 0.25) is 10.0 Å². The van der Waals surface area contributed by atoms with E-state index < -0.39 is 15.8 Å². The van der Waals surface area contributed by atoms with Crippen LogP contribution in [0.2, 0.25) is 0 Å². The Bertz CT molecular complexity index is 620. The van der Waals surface area contributed by atoms with Gasteiger partial charge in [-0.1, -0.05) is 0 Å². The molecule has 2 atom stereocenters. The summed E-state index contributed by atoms with van der Waals surface area (Å²) in [6.07, 6.45) is 0.857. The van der Waals surface area contributed by atoms with E-state index in [2.05, 4.69) is 5.32 Å². The fourth-order valence-electron chi connectivity index (χ4n) is 3.05. The van der Waals surface area contributed by atoms with Gasteiger partial charge in [0.15, 0.2) is 11.6 Å². The van der Waals surface area contributed by atoms with Crippen LogP contribution in [0.5, 0.6) is 5.75 Å². The Morgan fingerprint density at radius 3 is 2.90 bits per heavy atom. The van der Waals surface area contributed by atoms with Crippen molar-refractivity contribution in [3.63, 3.8) is 0 Å². The summed E-state index contributed by atoms with van der Waals surface area (Å²) in [6.45, 7) is 2.03. The third kappa shape index (κ3) is 2.10. The molecule has 2 aliphatic heterocycles. The summed E-state index contributed by atoms with van der Waals surface area (Å²) in [7, 11) is -2.29. The SMILES string of the molecule is COc1ccc(S(=O)(=O)N2CC[C@H]3CNC[C@H]32)cc1F. The third-order valence-electron chi connectivity index (χ3n) is 4.12. The highest BCUT2D eigenvalue weighted by Crippen LogP contribution is 2.33. The van der Waals surface area contributed by atoms with E-state index >= 15 is 0 Å². The van der Waals surface area contributed by atoms with Crippen molar-refractivity contribution >= 4 is 10.0 Å². The second-order valence-corrected chi connectivity index (χ2v) is 7.08. The molecule has 7 heteroatoms. The molecule has 2 heterocycles. The molecule has 1 N–H and O–H groups in total. The van der Waals surface area contributed by atoms with E-state index in [1.165, 1.54) is 23.5 Å². The van der Waals surface area contributed by atoms with Crippen molar-refractivity contribution in [3.8, 4) is 5.75 Å². The minimum atomic E-state index is -3.64. The van der Waals surface area contributed by atoms with Crippen LogP contribution in [0.15, 0.2) is 23.1 Å². The number of benzene rings is 1. The van der Waals surface area contributed by atoms with Crippen LogP contribution in [0.1, 0.15) is 6.42 Å². The molecule has 0 saturated carbocycles. The van der Waals surface area contributed by atoms with E-state index in [4.69, 9.17) is 4.74 Å². The quantitative estimate of drug-likeness (QED) is 0.898. The molecule has 110 valence electrons. The lowest BCUT2D eigenvalue weighted by Crippen LogP contribution is -2.39. The first kappa shape index (κ1) is 13.8. The minimum Gasteiger partial charge on any atom is -0.494 e. The summed E-state index contributed by atoms with van der Waals surface area (Å²) in [5, 5.41) is 3.21. The minimum absolute atomic E-state index is 0.00911. The van der Waals surface area contributed by atoms with Gasteiger partial charge in [0.25, 0.3) is 0 Å². The predicted octanol–water partition coefficient (Wildman–Crippen LogP) is 0.817. The molecule has 0 spiro atoms. The normalized spacial score (nSPS) is 26.7. The smallest absolute Gasteiger partial charge is 0.243 e. The number of hydrogen-bond acceptors (Lipinski definition) is 4. The molecule has 0 amide bonds. The lowest BCUT2D eigenvalue weighted by molar-refractivity contribution is 0.378. The molecule has 2 aliphatic rings. The van der Waals surface area contributed by atoms with Crippen LogP contribution in [-0.2, 0) is 10.0 Å². The number of nitrogens with zero attached hydrogens (tertiary/aromatic N) is 1. The van der Waals surface area contributed by atoms with Gasteiger partial charge in [0.05, 0.1) is 12.0 Å². The van der Waals surface area contributed by atoms with Crippen molar-refractivity contribution in [1.29, 1.82) is 0 Å². The van der Waals surface area contributed by atoms with Crippen molar-refractivity contribution in [2.75, 3.05) is 26.7 Å². The maximum Gasteiger partial charge on any atom is 0.243 e. The number of ether oxygens (including phenoxy) is 1. The fraction of sp³-hybridized carbons (Fsp3) is 0.538. The van der Waals surface area contributed by atoms with Crippen LogP contribution in [0, 0.1) is 11.7 Å². The average molecular weight is 300 g/mol. The standard InChI is InChI=1S/C13H17FN2O3S/c1-19-13-3-2-10(6-11(13)14)20(17,18)16-5-4-9-7-15-8-12(9)16/h2-3,6,9,12,15H,4-5,7-8H2,1H3/t9-,12+/m0/s1. The first-order chi connectivity index (χ1) is 9.54. The van der Waals surface area contributed by atoms with E-state index in [0.29, 0.717) is 19.0 Å². The number of rotatable bonds is 3. The van der Waals surface area contributed by atoms with Crippen LogP contribution in [0.25, 0.3) is 0 Å². The van der Waals surface area contributed by atoms with Gasteiger partial charge in [0, 0.05) is 19.1 Å². The summed E-state index contributed by atoms with van der Waals surface area (Å²) in [4.78, 5) is -0.0108. The molecular weight excluding hydrogens is 283 g/mol. The topological polar surface area (TPSA) is 58.6 Å². The van der Waals surface area contributed by atoms with Crippen LogP contribution in [0.4, 0.5) is 4.39 Å². The Morgan fingerprint density at radius 1 is 1.40 bits per heavy atom. The van der Waals surface area contributed by atoms with Crippen LogP contribution in [0.3, 0.4) is 0 Å². The largest absolute Gasteiger partial charge is 0.494 e. The highest BCUT2D eigenvalue weighted by molar-refractivity contribution is 7.89. The highest BCUT2D eigenvalue weighted by atomic mass is 32.2. The molecule has 0 bridgehead atoms. The van der Waals surface area contributed by atoms with Crippen molar-refractivity contribution in [2.45, 2.75) is 17.4 Å². The molecule has 1 aromatic rings. The Kier molecular flexibility index (Phi) is 3.43. The van der Waals surface area contributed by atoms with Gasteiger partial charge in [-0.2, -0.15) is 4.31 Å². The molecule has 0 aromatic heterocycles. The maximum atomic E-state index is 13.7. The number of hydrogen-bond donors (Lipinski definition) is 1. The van der Waals surface area contributed by atoms with Crippen LogP contribution >= 0.6 is 0 Å². The second-order valence-electron chi connectivity index (χ2n) is 5.19. The Morgan fingerprint density at radius 2 is 2.20 bits per heavy atom. The van der Waals surface area contributed by atoms with Crippen molar-refractivity contribution in [3.05, 3.63) is 24.0 Å². The number of methoxy groups -OCH3 is 1. The zero-order valence-electron chi connectivity index (χ0n) is 11.2. The maximum absolute atomic E-state index is 13.7. The van der Waals surface area contributed by atoms with Crippen molar-refractivity contribution in [1.82, 2.24) is 9.62 Å². The summed E-state index contributed by atoms with van der Waals surface area (Å²) in [5.41, 5.74) is 0. The van der Waals surface area contributed by atoms with E-state index in [0.717, 1.165) is 19.0 Å². The predicted molar refractivity (Wildman–Crippen MR) is 71.6 cm³/mol. The van der Waals surface area contributed by atoms with Gasteiger partial charge in [-0.05, 0) is 37.1 Å². The molecule has 2 saturated heterocycles. The Labute approximate surface area is 117 Å². The first-order valence-electron chi connectivity index (χ1n) is 6.60. The van der Waals surface area contributed by atoms with Gasteiger partial charge in [-0.15, -0.1) is 0 Å². The fourth-order valence-corrected chi connectivity index (χ4v) is 4.76. The second kappa shape index (κ2) is 4.98. The van der Waals surface area contributed by atoms with Gasteiger partial charge < -0.3 is 10.1 Å². The van der Waals surface area contributed by atoms with E-state index in [-0.39, 0.29) is 16.7 Å². The molecule has 3 rings (SSSR count). The molecule has 2 fully saturated rings. The number of sulfonamides is 1. The van der Waals surface area contributed by atoms with Crippen molar-refractivity contribution in [2.24, 2.45) is 5.92 Å². The van der Waals surface area contributed by atoms with Gasteiger partial charge in [-0.3, -0.25) is 0 Å². The lowest BCUT2D eigenvalue weighted by atomic mass is 10.1. The molecule has 0 radical (unpaired) electrons. The average Bonchev–Trinajstić information content (AvgIpc) is 3.00. The summed E-state index contributed by atoms with van der Waals surface area (Å²) >= 11 is 0. The first-order valence-corrected chi connectivity index (χ1v) is 8.04. The third-order valence-corrected chi connectivity index (χ3v) is 6.04. The molecule has 1 aromatic carbocycles. The van der Waals surface area contributed by atoms with Gasteiger partial charge >= 0.3 is 0 Å². The summed E-state index contributed by atoms with van der Waals surface area (Å²) in [6, 6.07) is 3.77. The molecule has 0 aliphatic carbocycles. The summed E-state index contributed by atoms with van der Waals surface area (Å²) in [5.74, 6) is -0.243. The zero-order valence-corrected chi connectivity index (χ0v) is 12.0. The van der Waals surface area contributed by atoms with E-state index in [1.54, 1.807) is 0 Å². The molecular formula is C13H17FN2O3S. The number of nitrogens with one attached hydrogen (secondary N) is 1. The number of fused-ring (bicyclic) bond motifs is 1. The summed E-state index contributed by atoms with van der Waals surface area (Å²) < 4.78 is 45.3. The van der Waals surface area contributed by atoms with Crippen LogP contribution in [-0.4, -0.2) is 45.5 Å². The van der Waals surface area contributed by atoms with Crippen molar-refractivity contribution < 1.29 is 17.5 Å². The number of halogens is 1. The zero-order chi connectivity index (χ0) is 14.3. The lowest BCUT2D eigenvalue weighted by Gasteiger charge is -2.23. The van der Waals surface area contributed by atoms with E-state index in [9.17, 15) is 12.8 Å².